The largest absolute Gasteiger partial charge is 0.504 e. The van der Waals surface area contributed by atoms with Crippen LogP contribution in [0.2, 0.25) is 0 Å². The van der Waals surface area contributed by atoms with E-state index in [1.165, 1.54) is 7.11 Å². The molecule has 1 aromatic carbocycles. The summed E-state index contributed by atoms with van der Waals surface area (Å²) in [7, 11) is 1.52. The number of anilines is 1. The number of amides is 1. The number of benzene rings is 1. The molecule has 3 heterocycles. The number of ether oxygens (including phenoxy) is 1. The van der Waals surface area contributed by atoms with Crippen molar-refractivity contribution in [1.29, 1.82) is 0 Å². The number of nitrogens with zero attached hydrogens (tertiary/aromatic N) is 2. The number of fused-ring (bicyclic) bond motifs is 3. The third-order valence-corrected chi connectivity index (χ3v) is 4.69. The standard InChI is InChI=1S/C17H19N3O3/c1-23-13-8-10(5-6-12(13)21)11-9-15(22)19-17-16(11)18-14-4-2-3-7-20(14)17/h5-6,8,11,21H,2-4,7,9H2,1H3,(H,19,22)/t11-/m1/s1. The lowest BCUT2D eigenvalue weighted by atomic mass is 9.89. The van der Waals surface area contributed by atoms with Crippen molar-refractivity contribution < 1.29 is 14.6 Å². The van der Waals surface area contributed by atoms with E-state index in [2.05, 4.69) is 9.88 Å². The van der Waals surface area contributed by atoms with Crippen molar-refractivity contribution in [2.24, 2.45) is 0 Å². The molecule has 0 radical (unpaired) electrons. The van der Waals surface area contributed by atoms with Crippen LogP contribution in [0.5, 0.6) is 11.5 Å². The Kier molecular flexibility index (Phi) is 3.25. The molecule has 0 fully saturated rings. The molecule has 23 heavy (non-hydrogen) atoms. The lowest BCUT2D eigenvalue weighted by molar-refractivity contribution is -0.116. The molecule has 0 saturated heterocycles. The van der Waals surface area contributed by atoms with Gasteiger partial charge in [-0.2, -0.15) is 0 Å². The van der Waals surface area contributed by atoms with E-state index < -0.39 is 0 Å². The van der Waals surface area contributed by atoms with Gasteiger partial charge in [-0.25, -0.2) is 4.98 Å². The van der Waals surface area contributed by atoms with Crippen LogP contribution in [-0.2, 0) is 17.8 Å². The Hall–Kier alpha value is -2.50. The molecule has 0 spiro atoms. The molecule has 4 rings (SSSR count). The van der Waals surface area contributed by atoms with Gasteiger partial charge in [-0.3, -0.25) is 4.79 Å². The molecule has 0 bridgehead atoms. The van der Waals surface area contributed by atoms with E-state index in [-0.39, 0.29) is 17.6 Å². The quantitative estimate of drug-likeness (QED) is 0.892. The number of carbonyl (C=O) groups is 1. The number of phenols is 1. The molecule has 1 aromatic heterocycles. The number of aryl methyl sites for hydroxylation is 1. The topological polar surface area (TPSA) is 76.4 Å². The van der Waals surface area contributed by atoms with Crippen LogP contribution in [0.3, 0.4) is 0 Å². The Morgan fingerprint density at radius 1 is 1.39 bits per heavy atom. The highest BCUT2D eigenvalue weighted by Crippen LogP contribution is 2.40. The van der Waals surface area contributed by atoms with Gasteiger partial charge in [0.2, 0.25) is 5.91 Å². The minimum absolute atomic E-state index is 0.00261. The molecule has 1 atom stereocenters. The number of aromatic nitrogens is 2. The molecule has 2 aromatic rings. The molecule has 0 saturated carbocycles. The number of nitrogens with one attached hydrogen (secondary N) is 1. The van der Waals surface area contributed by atoms with E-state index in [9.17, 15) is 9.90 Å². The Morgan fingerprint density at radius 2 is 2.26 bits per heavy atom. The summed E-state index contributed by atoms with van der Waals surface area (Å²) in [5, 5.41) is 12.8. The zero-order chi connectivity index (χ0) is 16.0. The van der Waals surface area contributed by atoms with Crippen LogP contribution in [0, 0.1) is 0 Å². The van der Waals surface area contributed by atoms with Crippen LogP contribution in [0.4, 0.5) is 5.82 Å². The first-order valence-corrected chi connectivity index (χ1v) is 7.93. The van der Waals surface area contributed by atoms with E-state index >= 15 is 0 Å². The first-order valence-electron chi connectivity index (χ1n) is 7.93. The molecule has 6 heteroatoms. The highest BCUT2D eigenvalue weighted by Gasteiger charge is 2.33. The fourth-order valence-corrected chi connectivity index (χ4v) is 3.53. The van der Waals surface area contributed by atoms with Gasteiger partial charge < -0.3 is 19.7 Å². The van der Waals surface area contributed by atoms with Crippen LogP contribution in [0.25, 0.3) is 0 Å². The van der Waals surface area contributed by atoms with Gasteiger partial charge in [0, 0.05) is 25.3 Å². The second-order valence-electron chi connectivity index (χ2n) is 6.11. The van der Waals surface area contributed by atoms with Crippen molar-refractivity contribution in [1.82, 2.24) is 9.55 Å². The van der Waals surface area contributed by atoms with Crippen molar-refractivity contribution in [3.05, 3.63) is 35.3 Å². The van der Waals surface area contributed by atoms with Gasteiger partial charge in [0.1, 0.15) is 11.6 Å². The Balaban J connectivity index is 1.82. The van der Waals surface area contributed by atoms with Crippen LogP contribution < -0.4 is 10.1 Å². The van der Waals surface area contributed by atoms with E-state index in [4.69, 9.17) is 9.72 Å². The Morgan fingerprint density at radius 3 is 3.09 bits per heavy atom. The number of methoxy groups -OCH3 is 1. The van der Waals surface area contributed by atoms with E-state index in [0.29, 0.717) is 12.2 Å². The number of phenolic OH excluding ortho intramolecular Hbond substituents is 1. The smallest absolute Gasteiger partial charge is 0.226 e. The van der Waals surface area contributed by atoms with Crippen LogP contribution in [-0.4, -0.2) is 27.7 Å². The summed E-state index contributed by atoms with van der Waals surface area (Å²) < 4.78 is 7.34. The third kappa shape index (κ3) is 2.25. The number of hydrogen-bond donors (Lipinski definition) is 2. The average molecular weight is 313 g/mol. The number of hydrogen-bond acceptors (Lipinski definition) is 4. The summed E-state index contributed by atoms with van der Waals surface area (Å²) in [4.78, 5) is 17.0. The van der Waals surface area contributed by atoms with Crippen LogP contribution in [0.1, 0.15) is 42.3 Å². The Bertz CT molecular complexity index is 782. The highest BCUT2D eigenvalue weighted by molar-refractivity contribution is 5.94. The summed E-state index contributed by atoms with van der Waals surface area (Å²) in [6, 6.07) is 5.24. The van der Waals surface area contributed by atoms with Gasteiger partial charge in [-0.05, 0) is 30.5 Å². The van der Waals surface area contributed by atoms with Gasteiger partial charge in [0.25, 0.3) is 0 Å². The molecule has 2 N–H and O–H groups in total. The minimum atomic E-state index is -0.105. The van der Waals surface area contributed by atoms with E-state index in [1.807, 2.05) is 6.07 Å². The average Bonchev–Trinajstić information content (AvgIpc) is 2.93. The zero-order valence-corrected chi connectivity index (χ0v) is 13.0. The summed E-state index contributed by atoms with van der Waals surface area (Å²) in [5.74, 6) is 2.31. The number of rotatable bonds is 2. The molecular formula is C17H19N3O3. The maximum atomic E-state index is 12.2. The van der Waals surface area contributed by atoms with Crippen molar-refractivity contribution >= 4 is 11.7 Å². The lowest BCUT2D eigenvalue weighted by Crippen LogP contribution is -2.25. The molecule has 2 aliphatic heterocycles. The summed E-state index contributed by atoms with van der Waals surface area (Å²) >= 11 is 0. The van der Waals surface area contributed by atoms with Gasteiger partial charge in [-0.15, -0.1) is 0 Å². The highest BCUT2D eigenvalue weighted by atomic mass is 16.5. The molecule has 1 amide bonds. The van der Waals surface area contributed by atoms with Crippen molar-refractivity contribution in [2.75, 3.05) is 12.4 Å². The zero-order valence-electron chi connectivity index (χ0n) is 13.0. The molecule has 2 aliphatic rings. The first kappa shape index (κ1) is 14.1. The normalized spacial score (nSPS) is 19.7. The van der Waals surface area contributed by atoms with E-state index in [1.54, 1.807) is 12.1 Å². The minimum Gasteiger partial charge on any atom is -0.504 e. The predicted molar refractivity (Wildman–Crippen MR) is 84.9 cm³/mol. The maximum Gasteiger partial charge on any atom is 0.226 e. The molecule has 120 valence electrons. The predicted octanol–water partition coefficient (Wildman–Crippen LogP) is 2.41. The van der Waals surface area contributed by atoms with Gasteiger partial charge in [0.05, 0.1) is 12.8 Å². The summed E-state index contributed by atoms with van der Waals surface area (Å²) in [5.41, 5.74) is 1.86. The number of carbonyl (C=O) groups excluding carboxylic acids is 1. The third-order valence-electron chi connectivity index (χ3n) is 4.69. The summed E-state index contributed by atoms with van der Waals surface area (Å²) in [6.45, 7) is 0.906. The van der Waals surface area contributed by atoms with Crippen LogP contribution in [0.15, 0.2) is 18.2 Å². The van der Waals surface area contributed by atoms with Gasteiger partial charge in [0.15, 0.2) is 11.5 Å². The fraction of sp³-hybridized carbons (Fsp3) is 0.412. The number of aromatic hydroxyl groups is 1. The van der Waals surface area contributed by atoms with Crippen molar-refractivity contribution in [2.45, 2.75) is 38.1 Å². The van der Waals surface area contributed by atoms with Gasteiger partial charge >= 0.3 is 0 Å². The van der Waals surface area contributed by atoms with E-state index in [0.717, 1.165) is 48.7 Å². The number of imidazole rings is 1. The molecular weight excluding hydrogens is 294 g/mol. The molecule has 6 nitrogen and oxygen atoms in total. The maximum absolute atomic E-state index is 12.2. The molecule has 0 aliphatic carbocycles. The first-order chi connectivity index (χ1) is 11.2. The lowest BCUT2D eigenvalue weighted by Gasteiger charge is -2.24. The van der Waals surface area contributed by atoms with Crippen molar-refractivity contribution in [3.63, 3.8) is 0 Å². The molecule has 0 unspecified atom stereocenters. The Labute approximate surface area is 134 Å². The van der Waals surface area contributed by atoms with Gasteiger partial charge in [-0.1, -0.05) is 6.07 Å². The summed E-state index contributed by atoms with van der Waals surface area (Å²) in [6.07, 6.45) is 3.57. The van der Waals surface area contributed by atoms with Crippen LogP contribution >= 0.6 is 0 Å². The SMILES string of the molecule is COc1cc([C@H]2CC(=O)Nc3c2nc2n3CCCC2)ccc1O. The monoisotopic (exact) mass is 313 g/mol. The second kappa shape index (κ2) is 5.30. The van der Waals surface area contributed by atoms with Crippen molar-refractivity contribution in [3.8, 4) is 11.5 Å². The second-order valence-corrected chi connectivity index (χ2v) is 6.11. The fourth-order valence-electron chi connectivity index (χ4n) is 3.53.